The minimum absolute atomic E-state index is 0.0543. The van der Waals surface area contributed by atoms with Gasteiger partial charge in [-0.3, -0.25) is 14.6 Å². The third kappa shape index (κ3) is 5.54. The van der Waals surface area contributed by atoms with Gasteiger partial charge in [0.05, 0.1) is 23.4 Å². The number of para-hydroxylation sites is 1. The Morgan fingerprint density at radius 3 is 2.74 bits per heavy atom. The highest BCUT2D eigenvalue weighted by Crippen LogP contribution is 2.31. The number of hydrogen-bond acceptors (Lipinski definition) is 6. The predicted octanol–water partition coefficient (Wildman–Crippen LogP) is 4.26. The Bertz CT molecular complexity index is 1020. The van der Waals surface area contributed by atoms with E-state index < -0.39 is 0 Å². The number of aryl methyl sites for hydroxylation is 1. The summed E-state index contributed by atoms with van der Waals surface area (Å²) in [7, 11) is 0. The topological polar surface area (TPSA) is 54.9 Å². The van der Waals surface area contributed by atoms with Crippen molar-refractivity contribution in [3.8, 4) is 5.75 Å². The van der Waals surface area contributed by atoms with Crippen LogP contribution in [0.4, 0.5) is 5.13 Å². The van der Waals surface area contributed by atoms with E-state index in [-0.39, 0.29) is 12.5 Å². The summed E-state index contributed by atoms with van der Waals surface area (Å²) in [6.45, 7) is 6.61. The summed E-state index contributed by atoms with van der Waals surface area (Å²) in [6.07, 6.45) is 0.905. The fourth-order valence-corrected chi connectivity index (χ4v) is 4.72. The summed E-state index contributed by atoms with van der Waals surface area (Å²) in [5.41, 5.74) is 2.17. The highest BCUT2D eigenvalue weighted by Gasteiger charge is 2.22. The molecule has 8 heteroatoms. The van der Waals surface area contributed by atoms with Crippen molar-refractivity contribution in [3.05, 3.63) is 53.1 Å². The Morgan fingerprint density at radius 1 is 1.23 bits per heavy atom. The van der Waals surface area contributed by atoms with Crippen molar-refractivity contribution in [2.45, 2.75) is 13.3 Å². The Kier molecular flexibility index (Phi) is 7.40. The van der Waals surface area contributed by atoms with Gasteiger partial charge in [0.15, 0.2) is 11.7 Å². The van der Waals surface area contributed by atoms with Gasteiger partial charge in [-0.2, -0.15) is 0 Å². The molecule has 0 saturated carbocycles. The van der Waals surface area contributed by atoms with Crippen LogP contribution in [0.2, 0.25) is 5.02 Å². The second-order valence-corrected chi connectivity index (χ2v) is 8.80. The molecule has 1 saturated heterocycles. The molecule has 0 unspecified atom stereocenters. The molecule has 1 amide bonds. The highest BCUT2D eigenvalue weighted by atomic mass is 35.5. The summed E-state index contributed by atoms with van der Waals surface area (Å²) >= 11 is 7.48. The average molecular weight is 460 g/mol. The summed E-state index contributed by atoms with van der Waals surface area (Å²) in [5, 5.41) is 1.35. The number of halogens is 1. The van der Waals surface area contributed by atoms with Gasteiger partial charge in [-0.05, 0) is 42.3 Å². The molecule has 1 aliphatic rings. The summed E-state index contributed by atoms with van der Waals surface area (Å²) in [6, 6.07) is 13.2. The quantitative estimate of drug-likeness (QED) is 0.504. The normalized spacial score (nSPS) is 14.6. The number of benzene rings is 2. The van der Waals surface area contributed by atoms with E-state index >= 15 is 0 Å². The van der Waals surface area contributed by atoms with E-state index in [1.165, 1.54) is 5.56 Å². The number of morpholine rings is 1. The number of carbonyl (C=O) groups excluding carboxylic acids is 1. The van der Waals surface area contributed by atoms with Gasteiger partial charge < -0.3 is 9.47 Å². The van der Waals surface area contributed by atoms with Crippen LogP contribution < -0.4 is 9.64 Å². The second kappa shape index (κ2) is 10.4. The first-order valence-electron chi connectivity index (χ1n) is 10.5. The second-order valence-electron chi connectivity index (χ2n) is 7.36. The van der Waals surface area contributed by atoms with E-state index in [0.717, 1.165) is 49.5 Å². The maximum Gasteiger partial charge on any atom is 0.266 e. The van der Waals surface area contributed by atoms with Crippen molar-refractivity contribution in [1.82, 2.24) is 9.88 Å². The molecule has 6 nitrogen and oxygen atoms in total. The number of anilines is 1. The number of nitrogens with zero attached hydrogens (tertiary/aromatic N) is 3. The average Bonchev–Trinajstić information content (AvgIpc) is 3.23. The number of ether oxygens (including phenoxy) is 2. The fraction of sp³-hybridized carbons (Fsp3) is 0.391. The number of amides is 1. The number of hydrogen-bond donors (Lipinski definition) is 0. The van der Waals surface area contributed by atoms with Crippen LogP contribution >= 0.6 is 22.9 Å². The molecule has 1 fully saturated rings. The molecule has 0 bridgehead atoms. The molecular weight excluding hydrogens is 434 g/mol. The Hall–Kier alpha value is -2.19. The smallest absolute Gasteiger partial charge is 0.266 e. The SMILES string of the molecule is CCc1cccc2sc(N(CCN3CCOCC3)C(=O)COc3ccc(Cl)cc3)nc12. The molecule has 0 radical (unpaired) electrons. The van der Waals surface area contributed by atoms with Crippen molar-refractivity contribution < 1.29 is 14.3 Å². The van der Waals surface area contributed by atoms with Crippen molar-refractivity contribution in [2.75, 3.05) is 50.9 Å². The highest BCUT2D eigenvalue weighted by molar-refractivity contribution is 7.22. The van der Waals surface area contributed by atoms with Gasteiger partial charge >= 0.3 is 0 Å². The summed E-state index contributed by atoms with van der Waals surface area (Å²) in [5.74, 6) is 0.503. The van der Waals surface area contributed by atoms with Crippen LogP contribution in [0.1, 0.15) is 12.5 Å². The van der Waals surface area contributed by atoms with Crippen LogP contribution in [0.25, 0.3) is 10.2 Å². The monoisotopic (exact) mass is 459 g/mol. The minimum atomic E-state index is -0.111. The number of rotatable bonds is 8. The third-order valence-corrected chi connectivity index (χ3v) is 6.62. The third-order valence-electron chi connectivity index (χ3n) is 5.32. The van der Waals surface area contributed by atoms with Gasteiger partial charge in [0.1, 0.15) is 5.75 Å². The minimum Gasteiger partial charge on any atom is -0.484 e. The molecule has 3 aromatic rings. The molecule has 1 aromatic heterocycles. The lowest BCUT2D eigenvalue weighted by Gasteiger charge is -2.29. The molecular formula is C23H26ClN3O3S. The first-order valence-corrected chi connectivity index (χ1v) is 11.7. The van der Waals surface area contributed by atoms with Crippen LogP contribution in [0, 0.1) is 0 Å². The maximum absolute atomic E-state index is 13.2. The standard InChI is InChI=1S/C23H26ClN3O3S/c1-2-17-4-3-5-20-22(17)25-23(31-20)27(11-10-26-12-14-29-15-13-26)21(28)16-30-19-8-6-18(24)7-9-19/h3-9H,2,10-16H2,1H3. The van der Waals surface area contributed by atoms with Crippen molar-refractivity contribution >= 4 is 44.2 Å². The van der Waals surface area contributed by atoms with E-state index in [1.807, 2.05) is 6.07 Å². The Balaban J connectivity index is 1.52. The molecule has 0 aliphatic carbocycles. The zero-order valence-electron chi connectivity index (χ0n) is 17.6. The van der Waals surface area contributed by atoms with Crippen molar-refractivity contribution in [3.63, 3.8) is 0 Å². The Morgan fingerprint density at radius 2 is 2.00 bits per heavy atom. The fourth-order valence-electron chi connectivity index (χ4n) is 3.54. The molecule has 0 N–H and O–H groups in total. The first-order chi connectivity index (χ1) is 15.1. The van der Waals surface area contributed by atoms with E-state index in [1.54, 1.807) is 40.5 Å². The molecule has 31 heavy (non-hydrogen) atoms. The van der Waals surface area contributed by atoms with E-state index in [0.29, 0.717) is 22.4 Å². The molecule has 0 atom stereocenters. The van der Waals surface area contributed by atoms with Crippen LogP contribution in [0.15, 0.2) is 42.5 Å². The van der Waals surface area contributed by atoms with Gasteiger partial charge in [0.2, 0.25) is 0 Å². The molecule has 1 aliphatic heterocycles. The summed E-state index contributed by atoms with van der Waals surface area (Å²) in [4.78, 5) is 22.1. The number of aromatic nitrogens is 1. The van der Waals surface area contributed by atoms with Gasteiger partial charge in [0, 0.05) is 31.2 Å². The molecule has 2 heterocycles. The van der Waals surface area contributed by atoms with Gasteiger partial charge in [-0.15, -0.1) is 0 Å². The molecule has 164 valence electrons. The van der Waals surface area contributed by atoms with E-state index in [4.69, 9.17) is 26.1 Å². The van der Waals surface area contributed by atoms with Crippen LogP contribution in [-0.2, 0) is 16.0 Å². The first kappa shape index (κ1) is 22.0. The maximum atomic E-state index is 13.2. The lowest BCUT2D eigenvalue weighted by molar-refractivity contribution is -0.120. The number of fused-ring (bicyclic) bond motifs is 1. The zero-order valence-corrected chi connectivity index (χ0v) is 19.1. The molecule has 0 spiro atoms. The van der Waals surface area contributed by atoms with Crippen LogP contribution in [-0.4, -0.2) is 61.8 Å². The van der Waals surface area contributed by atoms with Gasteiger partial charge in [-0.1, -0.05) is 42.0 Å². The number of carbonyl (C=O) groups is 1. The Labute approximate surface area is 191 Å². The molecule has 2 aromatic carbocycles. The van der Waals surface area contributed by atoms with Gasteiger partial charge in [0.25, 0.3) is 5.91 Å². The van der Waals surface area contributed by atoms with E-state index in [9.17, 15) is 4.79 Å². The predicted molar refractivity (Wildman–Crippen MR) is 126 cm³/mol. The largest absolute Gasteiger partial charge is 0.484 e. The number of thiazole rings is 1. The van der Waals surface area contributed by atoms with Gasteiger partial charge in [-0.25, -0.2) is 4.98 Å². The van der Waals surface area contributed by atoms with Crippen LogP contribution in [0.3, 0.4) is 0 Å². The zero-order chi connectivity index (χ0) is 21.6. The lowest BCUT2D eigenvalue weighted by Crippen LogP contribution is -2.44. The van der Waals surface area contributed by atoms with Crippen molar-refractivity contribution in [1.29, 1.82) is 0 Å². The lowest BCUT2D eigenvalue weighted by atomic mass is 10.1. The van der Waals surface area contributed by atoms with Crippen molar-refractivity contribution in [2.24, 2.45) is 0 Å². The van der Waals surface area contributed by atoms with E-state index in [2.05, 4.69) is 24.0 Å². The summed E-state index contributed by atoms with van der Waals surface area (Å²) < 4.78 is 12.3. The molecule has 4 rings (SSSR count). The van der Waals surface area contributed by atoms with Crippen LogP contribution in [0.5, 0.6) is 5.75 Å².